The van der Waals surface area contributed by atoms with Crippen molar-refractivity contribution in [2.75, 3.05) is 0 Å². The van der Waals surface area contributed by atoms with E-state index in [2.05, 4.69) is 50.8 Å². The van der Waals surface area contributed by atoms with Crippen molar-refractivity contribution in [3.05, 3.63) is 50.7 Å². The summed E-state index contributed by atoms with van der Waals surface area (Å²) in [4.78, 5) is 12.3. The molecule has 0 spiro atoms. The van der Waals surface area contributed by atoms with Crippen LogP contribution in [0, 0.1) is 0 Å². The molecule has 1 heterocycles. The average Bonchev–Trinajstić information content (AvgIpc) is 2.85. The summed E-state index contributed by atoms with van der Waals surface area (Å²) in [5.74, 6) is 0.0707. The molecular weight excluding hydrogens is 384 g/mol. The van der Waals surface area contributed by atoms with Crippen molar-refractivity contribution in [2.45, 2.75) is 32.7 Å². The van der Waals surface area contributed by atoms with Crippen LogP contribution in [0.2, 0.25) is 0 Å². The molecule has 0 aliphatic rings. The number of nitrogens with zero attached hydrogens (tertiary/aromatic N) is 2. The molecule has 0 amide bonds. The molecule has 20 heavy (non-hydrogen) atoms. The lowest BCUT2D eigenvalue weighted by atomic mass is 10.1. The van der Waals surface area contributed by atoms with Crippen LogP contribution in [0.15, 0.2) is 39.4 Å². The zero-order chi connectivity index (χ0) is 14.7. The topological polar surface area (TPSA) is 34.9 Å². The zero-order valence-corrected chi connectivity index (χ0v) is 14.6. The number of rotatable bonds is 5. The van der Waals surface area contributed by atoms with Gasteiger partial charge in [0.1, 0.15) is 0 Å². The van der Waals surface area contributed by atoms with Gasteiger partial charge in [-0.15, -0.1) is 0 Å². The monoisotopic (exact) mass is 398 g/mol. The van der Waals surface area contributed by atoms with E-state index in [4.69, 9.17) is 0 Å². The summed E-state index contributed by atoms with van der Waals surface area (Å²) in [6.07, 6.45) is 3.29. The Morgan fingerprint density at radius 1 is 1.30 bits per heavy atom. The minimum atomic E-state index is 0.0707. The maximum absolute atomic E-state index is 12.3. The molecule has 1 atom stereocenters. The van der Waals surface area contributed by atoms with E-state index < -0.39 is 0 Å². The fourth-order valence-electron chi connectivity index (χ4n) is 1.89. The fraction of sp³-hybridized carbons (Fsp3) is 0.333. The Kier molecular flexibility index (Phi) is 5.16. The maximum Gasteiger partial charge on any atom is 0.168 e. The first kappa shape index (κ1) is 15.4. The van der Waals surface area contributed by atoms with Gasteiger partial charge in [0.05, 0.1) is 12.1 Å². The summed E-state index contributed by atoms with van der Waals surface area (Å²) < 4.78 is 3.69. The number of carbonyl (C=O) groups excluding carboxylic acids is 1. The third-order valence-electron chi connectivity index (χ3n) is 3.23. The average molecular weight is 400 g/mol. The Hall–Kier alpha value is -0.940. The summed E-state index contributed by atoms with van der Waals surface area (Å²) in [7, 11) is 0. The van der Waals surface area contributed by atoms with E-state index in [1.807, 2.05) is 35.1 Å². The lowest BCUT2D eigenvalue weighted by Gasteiger charge is -2.08. The number of hydrogen-bond acceptors (Lipinski definition) is 2. The molecule has 1 unspecified atom stereocenters. The molecule has 5 heteroatoms. The molecule has 2 rings (SSSR count). The largest absolute Gasteiger partial charge is 0.294 e. The van der Waals surface area contributed by atoms with E-state index in [0.717, 1.165) is 21.1 Å². The van der Waals surface area contributed by atoms with Gasteiger partial charge in [-0.1, -0.05) is 38.8 Å². The van der Waals surface area contributed by atoms with E-state index in [1.165, 1.54) is 0 Å². The lowest BCUT2D eigenvalue weighted by Crippen LogP contribution is -2.08. The standard InChI is InChI=1S/C15H16Br2N2O/c1-3-10(2)19-5-4-14(18-19)9-15(20)11-6-12(16)8-13(17)7-11/h4-8,10H,3,9H2,1-2H3. The third-order valence-corrected chi connectivity index (χ3v) is 4.15. The Morgan fingerprint density at radius 3 is 2.55 bits per heavy atom. The molecule has 0 saturated carbocycles. The quantitative estimate of drug-likeness (QED) is 0.676. The molecule has 0 bridgehead atoms. The Morgan fingerprint density at radius 2 is 1.95 bits per heavy atom. The smallest absolute Gasteiger partial charge is 0.168 e. The van der Waals surface area contributed by atoms with Crippen molar-refractivity contribution < 1.29 is 4.79 Å². The fourth-order valence-corrected chi connectivity index (χ4v) is 3.18. The molecule has 0 aliphatic carbocycles. The molecule has 106 valence electrons. The van der Waals surface area contributed by atoms with Gasteiger partial charge < -0.3 is 0 Å². The minimum Gasteiger partial charge on any atom is -0.294 e. The predicted molar refractivity (Wildman–Crippen MR) is 87.1 cm³/mol. The Balaban J connectivity index is 2.13. The van der Waals surface area contributed by atoms with Crippen LogP contribution in [0.25, 0.3) is 0 Å². The van der Waals surface area contributed by atoms with Gasteiger partial charge >= 0.3 is 0 Å². The van der Waals surface area contributed by atoms with Gasteiger partial charge in [-0.05, 0) is 37.6 Å². The lowest BCUT2D eigenvalue weighted by molar-refractivity contribution is 0.0991. The highest BCUT2D eigenvalue weighted by molar-refractivity contribution is 9.11. The van der Waals surface area contributed by atoms with Crippen molar-refractivity contribution in [2.24, 2.45) is 0 Å². The van der Waals surface area contributed by atoms with Crippen LogP contribution in [-0.2, 0) is 6.42 Å². The second-order valence-electron chi connectivity index (χ2n) is 4.80. The molecule has 0 aliphatic heterocycles. The van der Waals surface area contributed by atoms with Gasteiger partial charge in [0.2, 0.25) is 0 Å². The van der Waals surface area contributed by atoms with E-state index in [9.17, 15) is 4.79 Å². The number of ketones is 1. The summed E-state index contributed by atoms with van der Waals surface area (Å²) >= 11 is 6.79. The molecule has 3 nitrogen and oxygen atoms in total. The summed E-state index contributed by atoms with van der Waals surface area (Å²) in [6.45, 7) is 4.24. The molecule has 0 saturated heterocycles. The number of halogens is 2. The van der Waals surface area contributed by atoms with Crippen LogP contribution < -0.4 is 0 Å². The molecule has 1 aromatic carbocycles. The van der Waals surface area contributed by atoms with Gasteiger partial charge in [-0.2, -0.15) is 5.10 Å². The number of carbonyl (C=O) groups is 1. The zero-order valence-electron chi connectivity index (χ0n) is 11.4. The van der Waals surface area contributed by atoms with Crippen LogP contribution in [0.5, 0.6) is 0 Å². The van der Waals surface area contributed by atoms with Crippen molar-refractivity contribution in [3.8, 4) is 0 Å². The molecule has 0 N–H and O–H groups in total. The second-order valence-corrected chi connectivity index (χ2v) is 6.63. The number of aromatic nitrogens is 2. The van der Waals surface area contributed by atoms with Crippen molar-refractivity contribution >= 4 is 37.6 Å². The number of Topliss-reactive ketones (excluding diaryl/α,β-unsaturated/α-hetero) is 1. The molecule has 2 aromatic rings. The van der Waals surface area contributed by atoms with Gasteiger partial charge in [-0.3, -0.25) is 9.48 Å². The van der Waals surface area contributed by atoms with Gasteiger partial charge in [0.15, 0.2) is 5.78 Å². The Labute approximate surface area is 135 Å². The van der Waals surface area contributed by atoms with Crippen LogP contribution >= 0.6 is 31.9 Å². The van der Waals surface area contributed by atoms with Crippen LogP contribution in [0.1, 0.15) is 42.4 Å². The highest BCUT2D eigenvalue weighted by atomic mass is 79.9. The van der Waals surface area contributed by atoms with Crippen LogP contribution in [-0.4, -0.2) is 15.6 Å². The predicted octanol–water partition coefficient (Wildman–Crippen LogP) is 4.80. The minimum absolute atomic E-state index is 0.0707. The first-order chi connectivity index (χ1) is 9.49. The molecule has 1 aromatic heterocycles. The van der Waals surface area contributed by atoms with Crippen molar-refractivity contribution in [1.29, 1.82) is 0 Å². The summed E-state index contributed by atoms with van der Waals surface area (Å²) in [5.41, 5.74) is 1.50. The van der Waals surface area contributed by atoms with Gasteiger partial charge in [0.25, 0.3) is 0 Å². The van der Waals surface area contributed by atoms with Gasteiger partial charge in [-0.25, -0.2) is 0 Å². The SMILES string of the molecule is CCC(C)n1ccc(CC(=O)c2cc(Br)cc(Br)c2)n1. The first-order valence-electron chi connectivity index (χ1n) is 6.53. The molecule has 0 radical (unpaired) electrons. The van der Waals surface area contributed by atoms with E-state index in [1.54, 1.807) is 0 Å². The number of hydrogen-bond donors (Lipinski definition) is 0. The van der Waals surface area contributed by atoms with Gasteiger partial charge in [0, 0.05) is 26.7 Å². The van der Waals surface area contributed by atoms with E-state index in [0.29, 0.717) is 18.0 Å². The summed E-state index contributed by atoms with van der Waals surface area (Å²) in [5, 5.41) is 4.46. The first-order valence-corrected chi connectivity index (χ1v) is 8.11. The summed E-state index contributed by atoms with van der Waals surface area (Å²) in [6, 6.07) is 7.85. The number of benzene rings is 1. The van der Waals surface area contributed by atoms with Crippen LogP contribution in [0.3, 0.4) is 0 Å². The maximum atomic E-state index is 12.3. The normalized spacial score (nSPS) is 12.4. The highest BCUT2D eigenvalue weighted by Crippen LogP contribution is 2.21. The van der Waals surface area contributed by atoms with E-state index >= 15 is 0 Å². The molecular formula is C15H16Br2N2O. The van der Waals surface area contributed by atoms with Crippen molar-refractivity contribution in [3.63, 3.8) is 0 Å². The van der Waals surface area contributed by atoms with E-state index in [-0.39, 0.29) is 5.78 Å². The highest BCUT2D eigenvalue weighted by Gasteiger charge is 2.12. The molecule has 0 fully saturated rings. The third kappa shape index (κ3) is 3.79. The second kappa shape index (κ2) is 6.68. The van der Waals surface area contributed by atoms with Crippen molar-refractivity contribution in [1.82, 2.24) is 9.78 Å². The van der Waals surface area contributed by atoms with Crippen LogP contribution in [0.4, 0.5) is 0 Å². The Bertz CT molecular complexity index is 602.